The van der Waals surface area contributed by atoms with Crippen LogP contribution < -0.4 is 10.1 Å². The number of amides is 1. The van der Waals surface area contributed by atoms with Crippen LogP contribution in [0.25, 0.3) is 11.3 Å². The Labute approximate surface area is 153 Å². The van der Waals surface area contributed by atoms with Crippen molar-refractivity contribution in [2.24, 2.45) is 0 Å². The van der Waals surface area contributed by atoms with Gasteiger partial charge in [-0.15, -0.1) is 0 Å². The van der Waals surface area contributed by atoms with E-state index in [1.54, 1.807) is 13.2 Å². The molecule has 2 aromatic carbocycles. The summed E-state index contributed by atoms with van der Waals surface area (Å²) in [5, 5.41) is 6.92. The number of hydrogen-bond acceptors (Lipinski definition) is 4. The van der Waals surface area contributed by atoms with Gasteiger partial charge < -0.3 is 14.6 Å². The molecule has 0 saturated carbocycles. The number of carbonyl (C=O) groups excluding carboxylic acids is 1. The molecule has 5 nitrogen and oxygen atoms in total. The number of aromatic nitrogens is 1. The first-order valence-electron chi connectivity index (χ1n) is 8.65. The summed E-state index contributed by atoms with van der Waals surface area (Å²) in [7, 11) is 1.62. The monoisotopic (exact) mass is 350 g/mol. The van der Waals surface area contributed by atoms with Crippen LogP contribution >= 0.6 is 0 Å². The number of aryl methyl sites for hydroxylation is 1. The van der Waals surface area contributed by atoms with Gasteiger partial charge in [0.25, 0.3) is 0 Å². The topological polar surface area (TPSA) is 64.4 Å². The van der Waals surface area contributed by atoms with Gasteiger partial charge in [-0.05, 0) is 30.5 Å². The van der Waals surface area contributed by atoms with E-state index >= 15 is 0 Å². The van der Waals surface area contributed by atoms with Crippen molar-refractivity contribution in [3.8, 4) is 17.1 Å². The lowest BCUT2D eigenvalue weighted by Gasteiger charge is -2.04. The van der Waals surface area contributed by atoms with Gasteiger partial charge in [0.2, 0.25) is 5.91 Å². The molecule has 0 spiro atoms. The molecule has 3 rings (SSSR count). The summed E-state index contributed by atoms with van der Waals surface area (Å²) >= 11 is 0. The lowest BCUT2D eigenvalue weighted by molar-refractivity contribution is -0.120. The van der Waals surface area contributed by atoms with Gasteiger partial charge in [0.15, 0.2) is 5.76 Å². The number of carbonyl (C=O) groups is 1. The van der Waals surface area contributed by atoms with Crippen LogP contribution in [0.4, 0.5) is 0 Å². The Morgan fingerprint density at radius 2 is 1.96 bits per heavy atom. The van der Waals surface area contributed by atoms with E-state index in [-0.39, 0.29) is 12.3 Å². The third-order valence-electron chi connectivity index (χ3n) is 4.06. The SMILES string of the molecule is COc1cccc(-c2cc(CC(=O)NCCCc3ccccc3)no2)c1. The molecule has 1 N–H and O–H groups in total. The fourth-order valence-electron chi connectivity index (χ4n) is 2.70. The number of methoxy groups -OCH3 is 1. The van der Waals surface area contributed by atoms with Crippen LogP contribution in [0.1, 0.15) is 17.7 Å². The largest absolute Gasteiger partial charge is 0.497 e. The van der Waals surface area contributed by atoms with Crippen molar-refractivity contribution >= 4 is 5.91 Å². The Balaban J connectivity index is 1.46. The quantitative estimate of drug-likeness (QED) is 0.630. The molecular weight excluding hydrogens is 328 g/mol. The summed E-state index contributed by atoms with van der Waals surface area (Å²) in [6.45, 7) is 0.647. The summed E-state index contributed by atoms with van der Waals surface area (Å²) < 4.78 is 10.6. The Kier molecular flexibility index (Phi) is 6.04. The van der Waals surface area contributed by atoms with Crippen LogP contribution in [-0.4, -0.2) is 24.7 Å². The molecular formula is C21H22N2O3. The van der Waals surface area contributed by atoms with E-state index in [1.165, 1.54) is 5.56 Å². The van der Waals surface area contributed by atoms with Crippen LogP contribution in [-0.2, 0) is 17.6 Å². The van der Waals surface area contributed by atoms with E-state index < -0.39 is 0 Å². The number of rotatable bonds is 8. The third-order valence-corrected chi connectivity index (χ3v) is 4.06. The first-order chi connectivity index (χ1) is 12.7. The number of ether oxygens (including phenoxy) is 1. The highest BCUT2D eigenvalue weighted by molar-refractivity contribution is 5.78. The van der Waals surface area contributed by atoms with Gasteiger partial charge >= 0.3 is 0 Å². The number of nitrogens with one attached hydrogen (secondary N) is 1. The highest BCUT2D eigenvalue weighted by atomic mass is 16.5. The molecule has 3 aromatic rings. The Morgan fingerprint density at radius 3 is 2.77 bits per heavy atom. The van der Waals surface area contributed by atoms with Crippen molar-refractivity contribution in [3.63, 3.8) is 0 Å². The third kappa shape index (κ3) is 4.96. The van der Waals surface area contributed by atoms with Crippen LogP contribution in [0, 0.1) is 0 Å². The second kappa shape index (κ2) is 8.85. The van der Waals surface area contributed by atoms with E-state index in [2.05, 4.69) is 22.6 Å². The molecule has 0 aliphatic carbocycles. The molecule has 0 radical (unpaired) electrons. The molecule has 0 aliphatic rings. The fourth-order valence-corrected chi connectivity index (χ4v) is 2.70. The molecule has 0 saturated heterocycles. The Hall–Kier alpha value is -3.08. The van der Waals surface area contributed by atoms with Crippen LogP contribution in [0.2, 0.25) is 0 Å². The minimum absolute atomic E-state index is 0.0523. The normalized spacial score (nSPS) is 10.5. The molecule has 1 amide bonds. The molecule has 26 heavy (non-hydrogen) atoms. The van der Waals surface area contributed by atoms with Crippen molar-refractivity contribution in [1.82, 2.24) is 10.5 Å². The van der Waals surface area contributed by atoms with Gasteiger partial charge in [0.05, 0.1) is 19.2 Å². The molecule has 0 fully saturated rings. The predicted molar refractivity (Wildman–Crippen MR) is 100.0 cm³/mol. The maximum atomic E-state index is 12.1. The lowest BCUT2D eigenvalue weighted by atomic mass is 10.1. The van der Waals surface area contributed by atoms with Crippen molar-refractivity contribution in [2.45, 2.75) is 19.3 Å². The molecule has 0 bridgehead atoms. The summed E-state index contributed by atoms with van der Waals surface area (Å²) in [4.78, 5) is 12.1. The highest BCUT2D eigenvalue weighted by Crippen LogP contribution is 2.24. The van der Waals surface area contributed by atoms with Gasteiger partial charge in [0.1, 0.15) is 5.75 Å². The van der Waals surface area contributed by atoms with Crippen LogP contribution in [0.15, 0.2) is 65.2 Å². The van der Waals surface area contributed by atoms with Crippen molar-refractivity contribution in [3.05, 3.63) is 71.9 Å². The first-order valence-corrected chi connectivity index (χ1v) is 8.65. The summed E-state index contributed by atoms with van der Waals surface area (Å²) in [6, 6.07) is 19.6. The zero-order chi connectivity index (χ0) is 18.2. The Morgan fingerprint density at radius 1 is 1.12 bits per heavy atom. The van der Waals surface area contributed by atoms with E-state index in [0.29, 0.717) is 18.0 Å². The minimum Gasteiger partial charge on any atom is -0.497 e. The zero-order valence-electron chi connectivity index (χ0n) is 14.8. The predicted octanol–water partition coefficient (Wildman–Crippen LogP) is 3.64. The van der Waals surface area contributed by atoms with Gasteiger partial charge in [-0.2, -0.15) is 0 Å². The fraction of sp³-hybridized carbons (Fsp3) is 0.238. The first kappa shape index (κ1) is 17.7. The molecule has 0 unspecified atom stereocenters. The van der Waals surface area contributed by atoms with E-state index in [0.717, 1.165) is 24.2 Å². The summed E-state index contributed by atoms with van der Waals surface area (Å²) in [5.74, 6) is 1.32. The molecule has 1 aromatic heterocycles. The number of benzene rings is 2. The standard InChI is InChI=1S/C21H22N2O3/c1-25-19-11-5-10-17(13-19)20-14-18(23-26-20)15-21(24)22-12-6-9-16-7-3-2-4-8-16/h2-5,7-8,10-11,13-14H,6,9,12,15H2,1H3,(H,22,24). The average molecular weight is 350 g/mol. The van der Waals surface area contributed by atoms with Crippen molar-refractivity contribution in [2.75, 3.05) is 13.7 Å². The summed E-state index contributed by atoms with van der Waals surface area (Å²) in [6.07, 6.45) is 2.06. The van der Waals surface area contributed by atoms with Crippen molar-refractivity contribution in [1.29, 1.82) is 0 Å². The van der Waals surface area contributed by atoms with Gasteiger partial charge in [-0.1, -0.05) is 47.6 Å². The van der Waals surface area contributed by atoms with E-state index in [4.69, 9.17) is 9.26 Å². The molecule has 1 heterocycles. The van der Waals surface area contributed by atoms with Gasteiger partial charge in [-0.3, -0.25) is 4.79 Å². The average Bonchev–Trinajstić information content (AvgIpc) is 3.14. The summed E-state index contributed by atoms with van der Waals surface area (Å²) in [5.41, 5.74) is 2.76. The second-order valence-electron chi connectivity index (χ2n) is 6.03. The van der Waals surface area contributed by atoms with Crippen molar-refractivity contribution < 1.29 is 14.1 Å². The van der Waals surface area contributed by atoms with Crippen LogP contribution in [0.3, 0.4) is 0 Å². The van der Waals surface area contributed by atoms with Gasteiger partial charge in [-0.25, -0.2) is 0 Å². The Bertz CT molecular complexity index is 843. The number of nitrogens with zero attached hydrogens (tertiary/aromatic N) is 1. The van der Waals surface area contributed by atoms with E-state index in [1.807, 2.05) is 42.5 Å². The van der Waals surface area contributed by atoms with Crippen LogP contribution in [0.5, 0.6) is 5.75 Å². The van der Waals surface area contributed by atoms with Gasteiger partial charge in [0, 0.05) is 18.2 Å². The lowest BCUT2D eigenvalue weighted by Crippen LogP contribution is -2.26. The molecule has 134 valence electrons. The highest BCUT2D eigenvalue weighted by Gasteiger charge is 2.11. The smallest absolute Gasteiger partial charge is 0.226 e. The maximum absolute atomic E-state index is 12.1. The molecule has 5 heteroatoms. The molecule has 0 aliphatic heterocycles. The second-order valence-corrected chi connectivity index (χ2v) is 6.03. The zero-order valence-corrected chi connectivity index (χ0v) is 14.8. The minimum atomic E-state index is -0.0523. The number of hydrogen-bond donors (Lipinski definition) is 1. The maximum Gasteiger partial charge on any atom is 0.226 e. The van der Waals surface area contributed by atoms with E-state index in [9.17, 15) is 4.79 Å². The molecule has 0 atom stereocenters.